The van der Waals surface area contributed by atoms with E-state index in [1.54, 1.807) is 0 Å². The smallest absolute Gasteiger partial charge is 0.321 e. The second-order valence-corrected chi connectivity index (χ2v) is 7.55. The average molecular weight is 400 g/mol. The summed E-state index contributed by atoms with van der Waals surface area (Å²) >= 11 is 0. The molecule has 0 unspecified atom stereocenters. The highest BCUT2D eigenvalue weighted by molar-refractivity contribution is 7.89. The predicted octanol–water partition coefficient (Wildman–Crippen LogP) is 3.25. The zero-order chi connectivity index (χ0) is 20.0. The van der Waals surface area contributed by atoms with Crippen LogP contribution in [-0.4, -0.2) is 21.4 Å². The van der Waals surface area contributed by atoms with E-state index in [1.807, 2.05) is 0 Å². The highest BCUT2D eigenvalue weighted by Gasteiger charge is 2.31. The first-order valence-electron chi connectivity index (χ1n) is 7.51. The molecule has 1 aliphatic heterocycles. The largest absolute Gasteiger partial charge is 0.416 e. The van der Waals surface area contributed by atoms with Gasteiger partial charge in [-0.3, -0.25) is 4.79 Å². The van der Waals surface area contributed by atoms with Crippen LogP contribution in [0.4, 0.5) is 23.2 Å². The zero-order valence-corrected chi connectivity index (χ0v) is 14.5. The van der Waals surface area contributed by atoms with Crippen LogP contribution in [0, 0.1) is 5.82 Å². The van der Waals surface area contributed by atoms with E-state index in [0.717, 1.165) is 6.08 Å². The van der Waals surface area contributed by atoms with Gasteiger partial charge in [0.15, 0.2) is 0 Å². The third-order valence-electron chi connectivity index (χ3n) is 3.98. The molecule has 2 N–H and O–H groups in total. The van der Waals surface area contributed by atoms with Crippen LogP contribution in [-0.2, 0) is 21.0 Å². The van der Waals surface area contributed by atoms with Gasteiger partial charge in [0.1, 0.15) is 5.82 Å². The number of hydrogen-bond donors (Lipinski definition) is 2. The highest BCUT2D eigenvalue weighted by Crippen LogP contribution is 2.36. The zero-order valence-electron chi connectivity index (χ0n) is 13.7. The summed E-state index contributed by atoms with van der Waals surface area (Å²) in [6, 6.07) is 5.64. The maximum Gasteiger partial charge on any atom is 0.416 e. The predicted molar refractivity (Wildman–Crippen MR) is 90.6 cm³/mol. The number of hydrogen-bond acceptors (Lipinski definition) is 3. The van der Waals surface area contributed by atoms with Crippen molar-refractivity contribution < 1.29 is 30.8 Å². The molecule has 2 aromatic rings. The second-order valence-electron chi connectivity index (χ2n) is 5.66. The van der Waals surface area contributed by atoms with Gasteiger partial charge in [-0.2, -0.15) is 13.2 Å². The summed E-state index contributed by atoms with van der Waals surface area (Å²) < 4.78 is 78.5. The van der Waals surface area contributed by atoms with Crippen LogP contribution in [0.2, 0.25) is 0 Å². The minimum atomic E-state index is -4.68. The van der Waals surface area contributed by atoms with Gasteiger partial charge < -0.3 is 5.32 Å². The Kier molecular flexibility index (Phi) is 4.56. The van der Waals surface area contributed by atoms with Crippen molar-refractivity contribution in [2.75, 3.05) is 12.4 Å². The molecule has 0 atom stereocenters. The summed E-state index contributed by atoms with van der Waals surface area (Å²) in [4.78, 5) is 12.0. The van der Waals surface area contributed by atoms with Crippen molar-refractivity contribution >= 4 is 33.3 Å². The number of sulfonamides is 1. The van der Waals surface area contributed by atoms with Gasteiger partial charge in [0.2, 0.25) is 10.0 Å². The molecule has 3 rings (SSSR count). The molecule has 142 valence electrons. The molecule has 27 heavy (non-hydrogen) atoms. The van der Waals surface area contributed by atoms with Crippen molar-refractivity contribution in [2.45, 2.75) is 11.1 Å². The molecule has 1 heterocycles. The third kappa shape index (κ3) is 3.58. The van der Waals surface area contributed by atoms with Crippen LogP contribution in [0.25, 0.3) is 11.6 Å². The molecule has 2 aromatic carbocycles. The molecular weight excluding hydrogens is 388 g/mol. The number of alkyl halides is 3. The van der Waals surface area contributed by atoms with Gasteiger partial charge in [-0.1, -0.05) is 0 Å². The molecule has 0 aliphatic carbocycles. The molecule has 0 spiro atoms. The van der Waals surface area contributed by atoms with Crippen molar-refractivity contribution in [1.82, 2.24) is 4.72 Å². The van der Waals surface area contributed by atoms with E-state index < -0.39 is 39.1 Å². The van der Waals surface area contributed by atoms with Crippen molar-refractivity contribution in [1.29, 1.82) is 0 Å². The number of fused-ring (bicyclic) bond motifs is 1. The lowest BCUT2D eigenvalue weighted by Gasteiger charge is -2.08. The van der Waals surface area contributed by atoms with Crippen LogP contribution in [0.5, 0.6) is 0 Å². The molecule has 0 saturated heterocycles. The number of nitrogens with one attached hydrogen (secondary N) is 2. The molecule has 5 nitrogen and oxygen atoms in total. The summed E-state index contributed by atoms with van der Waals surface area (Å²) in [6.07, 6.45) is -3.72. The number of rotatable bonds is 3. The van der Waals surface area contributed by atoms with Gasteiger partial charge in [-0.15, -0.1) is 0 Å². The Labute approximate surface area is 151 Å². The normalized spacial score (nSPS) is 15.7. The number of anilines is 1. The molecule has 0 aromatic heterocycles. The van der Waals surface area contributed by atoms with Crippen LogP contribution in [0.15, 0.2) is 41.3 Å². The van der Waals surface area contributed by atoms with Gasteiger partial charge in [0.05, 0.1) is 10.5 Å². The number of benzene rings is 2. The number of amides is 1. The van der Waals surface area contributed by atoms with Crippen molar-refractivity contribution in [3.8, 4) is 0 Å². The fourth-order valence-electron chi connectivity index (χ4n) is 2.58. The van der Waals surface area contributed by atoms with Gasteiger partial charge in [0.25, 0.3) is 5.91 Å². The first kappa shape index (κ1) is 19.1. The summed E-state index contributed by atoms with van der Waals surface area (Å²) in [5.74, 6) is -1.63. The van der Waals surface area contributed by atoms with Gasteiger partial charge in [-0.25, -0.2) is 17.5 Å². The SMILES string of the molecule is CNS(=O)(=O)c1ccc2c(c1)C(=Cc1cc(C(F)(F)F)ccc1F)C(=O)N2. The Hall–Kier alpha value is -2.72. The maximum absolute atomic E-state index is 14.0. The third-order valence-corrected chi connectivity index (χ3v) is 5.39. The maximum atomic E-state index is 14.0. The van der Waals surface area contributed by atoms with Crippen LogP contribution in [0.3, 0.4) is 0 Å². The van der Waals surface area contributed by atoms with Crippen molar-refractivity contribution in [3.05, 3.63) is 58.9 Å². The number of halogens is 4. The lowest BCUT2D eigenvalue weighted by Crippen LogP contribution is -2.18. The van der Waals surface area contributed by atoms with Crippen LogP contribution < -0.4 is 10.0 Å². The van der Waals surface area contributed by atoms with Crippen molar-refractivity contribution in [3.63, 3.8) is 0 Å². The first-order chi connectivity index (χ1) is 12.5. The molecule has 1 aliphatic rings. The van der Waals surface area contributed by atoms with E-state index in [1.165, 1.54) is 25.2 Å². The molecule has 10 heteroatoms. The number of carbonyl (C=O) groups excluding carboxylic acids is 1. The number of carbonyl (C=O) groups is 1. The minimum Gasteiger partial charge on any atom is -0.321 e. The topological polar surface area (TPSA) is 75.3 Å². The standard InChI is InChI=1S/C17H12F4N2O3S/c1-22-27(25,26)11-3-5-15-12(8-11)13(16(24)23-15)7-9-6-10(17(19,20)21)2-4-14(9)18/h2-8,22H,1H3,(H,23,24). The second kappa shape index (κ2) is 6.46. The fourth-order valence-corrected chi connectivity index (χ4v) is 3.34. The molecule has 0 radical (unpaired) electrons. The Morgan fingerprint density at radius 3 is 2.44 bits per heavy atom. The fraction of sp³-hybridized carbons (Fsp3) is 0.118. The Morgan fingerprint density at radius 1 is 1.11 bits per heavy atom. The summed E-state index contributed by atoms with van der Waals surface area (Å²) in [7, 11) is -2.60. The van der Waals surface area contributed by atoms with Gasteiger partial charge in [-0.05, 0) is 49.5 Å². The summed E-state index contributed by atoms with van der Waals surface area (Å²) in [5.41, 5.74) is -1.23. The van der Waals surface area contributed by atoms with E-state index >= 15 is 0 Å². The van der Waals surface area contributed by atoms with E-state index in [-0.39, 0.29) is 21.7 Å². The first-order valence-corrected chi connectivity index (χ1v) is 8.99. The lowest BCUT2D eigenvalue weighted by molar-refractivity contribution is -0.137. The van der Waals surface area contributed by atoms with Gasteiger partial charge >= 0.3 is 6.18 Å². The minimum absolute atomic E-state index is 0.142. The van der Waals surface area contributed by atoms with Gasteiger partial charge in [0, 0.05) is 22.4 Å². The molecular formula is C17H12F4N2O3S. The van der Waals surface area contributed by atoms with Crippen LogP contribution in [0.1, 0.15) is 16.7 Å². The monoisotopic (exact) mass is 400 g/mol. The molecule has 0 fully saturated rings. The Bertz CT molecular complexity index is 1080. The Morgan fingerprint density at radius 2 is 1.81 bits per heavy atom. The van der Waals surface area contributed by atoms with Crippen molar-refractivity contribution in [2.24, 2.45) is 0 Å². The summed E-state index contributed by atoms with van der Waals surface area (Å²) in [5, 5.41) is 2.46. The lowest BCUT2D eigenvalue weighted by atomic mass is 10.0. The van der Waals surface area contributed by atoms with E-state index in [9.17, 15) is 30.8 Å². The Balaban J connectivity index is 2.15. The molecule has 1 amide bonds. The van der Waals surface area contributed by atoms with E-state index in [0.29, 0.717) is 18.2 Å². The quantitative estimate of drug-likeness (QED) is 0.614. The van der Waals surface area contributed by atoms with E-state index in [4.69, 9.17) is 0 Å². The van der Waals surface area contributed by atoms with Crippen LogP contribution >= 0.6 is 0 Å². The molecule has 0 bridgehead atoms. The summed E-state index contributed by atoms with van der Waals surface area (Å²) in [6.45, 7) is 0. The average Bonchev–Trinajstić information content (AvgIpc) is 2.90. The van der Waals surface area contributed by atoms with E-state index in [2.05, 4.69) is 10.0 Å². The highest BCUT2D eigenvalue weighted by atomic mass is 32.2. The molecule has 0 saturated carbocycles.